The van der Waals surface area contributed by atoms with E-state index >= 15 is 0 Å². The number of halogens is 3. The third kappa shape index (κ3) is 4.01. The second kappa shape index (κ2) is 6.13. The van der Waals surface area contributed by atoms with Crippen molar-refractivity contribution in [2.24, 2.45) is 0 Å². The first-order valence-electron chi connectivity index (χ1n) is 5.98. The summed E-state index contributed by atoms with van der Waals surface area (Å²) >= 11 is 5.89. The van der Waals surface area contributed by atoms with Gasteiger partial charge in [-0.1, -0.05) is 23.7 Å². The standard InChI is InChI=1S/C15H14ClF2N/c1-10(12-6-14(17)8-15(18)7-12)19-9-11-3-2-4-13(16)5-11/h2-8,10,19H,9H2,1H3. The molecule has 1 nitrogen and oxygen atoms in total. The van der Waals surface area contributed by atoms with Crippen LogP contribution in [0.4, 0.5) is 8.78 Å². The molecule has 0 aliphatic heterocycles. The summed E-state index contributed by atoms with van der Waals surface area (Å²) in [6.45, 7) is 2.44. The molecule has 19 heavy (non-hydrogen) atoms. The highest BCUT2D eigenvalue weighted by Gasteiger charge is 2.08. The van der Waals surface area contributed by atoms with Gasteiger partial charge in [-0.2, -0.15) is 0 Å². The summed E-state index contributed by atoms with van der Waals surface area (Å²) in [7, 11) is 0. The lowest BCUT2D eigenvalue weighted by atomic mass is 10.1. The van der Waals surface area contributed by atoms with Crippen LogP contribution < -0.4 is 5.32 Å². The monoisotopic (exact) mass is 281 g/mol. The lowest BCUT2D eigenvalue weighted by molar-refractivity contribution is 0.545. The average Bonchev–Trinajstić information content (AvgIpc) is 2.35. The minimum absolute atomic E-state index is 0.149. The zero-order chi connectivity index (χ0) is 13.8. The van der Waals surface area contributed by atoms with E-state index in [4.69, 9.17) is 11.6 Å². The van der Waals surface area contributed by atoms with E-state index in [2.05, 4.69) is 5.32 Å². The normalized spacial score (nSPS) is 12.4. The molecule has 0 aromatic heterocycles. The average molecular weight is 282 g/mol. The molecule has 1 unspecified atom stereocenters. The van der Waals surface area contributed by atoms with Crippen molar-refractivity contribution in [1.29, 1.82) is 0 Å². The van der Waals surface area contributed by atoms with E-state index in [0.717, 1.165) is 11.6 Å². The smallest absolute Gasteiger partial charge is 0.126 e. The van der Waals surface area contributed by atoms with E-state index in [1.807, 2.05) is 25.1 Å². The summed E-state index contributed by atoms with van der Waals surface area (Å²) in [5.41, 5.74) is 1.61. The van der Waals surface area contributed by atoms with Crippen LogP contribution in [0.15, 0.2) is 42.5 Å². The van der Waals surface area contributed by atoms with Crippen molar-refractivity contribution in [1.82, 2.24) is 5.32 Å². The number of hydrogen-bond acceptors (Lipinski definition) is 1. The van der Waals surface area contributed by atoms with Crippen molar-refractivity contribution in [2.75, 3.05) is 0 Å². The van der Waals surface area contributed by atoms with E-state index in [0.29, 0.717) is 17.1 Å². The first-order chi connectivity index (χ1) is 9.04. The lowest BCUT2D eigenvalue weighted by Gasteiger charge is -2.14. The Balaban J connectivity index is 2.03. The van der Waals surface area contributed by atoms with E-state index < -0.39 is 11.6 Å². The van der Waals surface area contributed by atoms with Crippen LogP contribution in [0, 0.1) is 11.6 Å². The molecule has 0 bridgehead atoms. The fourth-order valence-electron chi connectivity index (χ4n) is 1.86. The summed E-state index contributed by atoms with van der Waals surface area (Å²) in [6.07, 6.45) is 0. The van der Waals surface area contributed by atoms with Gasteiger partial charge < -0.3 is 5.32 Å². The van der Waals surface area contributed by atoms with Crippen molar-refractivity contribution < 1.29 is 8.78 Å². The van der Waals surface area contributed by atoms with Gasteiger partial charge in [-0.25, -0.2) is 8.78 Å². The van der Waals surface area contributed by atoms with E-state index in [-0.39, 0.29) is 6.04 Å². The molecule has 1 atom stereocenters. The van der Waals surface area contributed by atoms with Gasteiger partial charge in [0.1, 0.15) is 11.6 Å². The van der Waals surface area contributed by atoms with Gasteiger partial charge >= 0.3 is 0 Å². The van der Waals surface area contributed by atoms with Crippen LogP contribution in [-0.2, 0) is 6.54 Å². The van der Waals surface area contributed by atoms with Crippen LogP contribution in [0.2, 0.25) is 5.02 Å². The highest BCUT2D eigenvalue weighted by atomic mass is 35.5. The van der Waals surface area contributed by atoms with Crippen LogP contribution in [0.5, 0.6) is 0 Å². The fourth-order valence-corrected chi connectivity index (χ4v) is 2.07. The summed E-state index contributed by atoms with van der Waals surface area (Å²) < 4.78 is 26.2. The Labute approximate surface area is 116 Å². The van der Waals surface area contributed by atoms with Crippen LogP contribution >= 0.6 is 11.6 Å². The van der Waals surface area contributed by atoms with Gasteiger partial charge in [0.05, 0.1) is 0 Å². The fraction of sp³-hybridized carbons (Fsp3) is 0.200. The quantitative estimate of drug-likeness (QED) is 0.872. The van der Waals surface area contributed by atoms with Gasteiger partial charge in [-0.15, -0.1) is 0 Å². The molecule has 100 valence electrons. The van der Waals surface area contributed by atoms with Crippen LogP contribution in [0.25, 0.3) is 0 Å². The molecule has 1 N–H and O–H groups in total. The van der Waals surface area contributed by atoms with E-state index in [1.165, 1.54) is 12.1 Å². The number of hydrogen-bond donors (Lipinski definition) is 1. The lowest BCUT2D eigenvalue weighted by Crippen LogP contribution is -2.18. The van der Waals surface area contributed by atoms with Crippen molar-refractivity contribution in [3.8, 4) is 0 Å². The zero-order valence-electron chi connectivity index (χ0n) is 10.5. The topological polar surface area (TPSA) is 12.0 Å². The SMILES string of the molecule is CC(NCc1cccc(Cl)c1)c1cc(F)cc(F)c1. The maximum absolute atomic E-state index is 13.1. The molecule has 0 aliphatic carbocycles. The molecule has 2 aromatic rings. The van der Waals surface area contributed by atoms with Crippen LogP contribution in [0.3, 0.4) is 0 Å². The number of benzene rings is 2. The minimum atomic E-state index is -0.564. The maximum Gasteiger partial charge on any atom is 0.126 e. The Bertz CT molecular complexity index is 552. The number of rotatable bonds is 4. The Morgan fingerprint density at radius 2 is 1.79 bits per heavy atom. The van der Waals surface area contributed by atoms with Gasteiger partial charge in [0.2, 0.25) is 0 Å². The molecule has 0 radical (unpaired) electrons. The minimum Gasteiger partial charge on any atom is -0.306 e. The summed E-state index contributed by atoms with van der Waals surface area (Å²) in [4.78, 5) is 0. The third-order valence-corrected chi connectivity index (χ3v) is 3.12. The molecule has 2 rings (SSSR count). The molecular formula is C15H14ClF2N. The van der Waals surface area contributed by atoms with Gasteiger partial charge in [0.15, 0.2) is 0 Å². The molecule has 0 heterocycles. The van der Waals surface area contributed by atoms with Gasteiger partial charge in [-0.05, 0) is 42.3 Å². The van der Waals surface area contributed by atoms with Crippen LogP contribution in [0.1, 0.15) is 24.1 Å². The molecule has 0 spiro atoms. The zero-order valence-corrected chi connectivity index (χ0v) is 11.2. The molecule has 2 aromatic carbocycles. The first-order valence-corrected chi connectivity index (χ1v) is 6.36. The first kappa shape index (κ1) is 14.0. The largest absolute Gasteiger partial charge is 0.306 e. The predicted molar refractivity (Wildman–Crippen MR) is 73.1 cm³/mol. The highest BCUT2D eigenvalue weighted by molar-refractivity contribution is 6.30. The van der Waals surface area contributed by atoms with Gasteiger partial charge in [-0.3, -0.25) is 0 Å². The highest BCUT2D eigenvalue weighted by Crippen LogP contribution is 2.17. The molecule has 0 fully saturated rings. The molecule has 0 saturated heterocycles. The third-order valence-electron chi connectivity index (χ3n) is 2.89. The Morgan fingerprint density at radius 1 is 1.11 bits per heavy atom. The summed E-state index contributed by atoms with van der Waals surface area (Å²) in [5, 5.41) is 3.88. The predicted octanol–water partition coefficient (Wildman–Crippen LogP) is 4.47. The Morgan fingerprint density at radius 3 is 2.42 bits per heavy atom. The van der Waals surface area contributed by atoms with Crippen molar-refractivity contribution in [3.05, 3.63) is 70.2 Å². The van der Waals surface area contributed by atoms with E-state index in [9.17, 15) is 8.78 Å². The molecule has 0 saturated carbocycles. The van der Waals surface area contributed by atoms with E-state index in [1.54, 1.807) is 6.07 Å². The molecule has 4 heteroatoms. The van der Waals surface area contributed by atoms with Crippen molar-refractivity contribution in [3.63, 3.8) is 0 Å². The van der Waals surface area contributed by atoms with Crippen LogP contribution in [-0.4, -0.2) is 0 Å². The second-order valence-electron chi connectivity index (χ2n) is 4.44. The second-order valence-corrected chi connectivity index (χ2v) is 4.87. The summed E-state index contributed by atoms with van der Waals surface area (Å²) in [6, 6.07) is 10.8. The van der Waals surface area contributed by atoms with Crippen molar-refractivity contribution in [2.45, 2.75) is 19.5 Å². The van der Waals surface area contributed by atoms with Crippen molar-refractivity contribution >= 4 is 11.6 Å². The maximum atomic E-state index is 13.1. The van der Waals surface area contributed by atoms with Gasteiger partial charge in [0, 0.05) is 23.7 Å². The summed E-state index contributed by atoms with van der Waals surface area (Å²) in [5.74, 6) is -1.13. The van der Waals surface area contributed by atoms with Gasteiger partial charge in [0.25, 0.3) is 0 Å². The Kier molecular flexibility index (Phi) is 4.51. The molecular weight excluding hydrogens is 268 g/mol. The molecule has 0 aliphatic rings. The Hall–Kier alpha value is -1.45. The number of nitrogens with one attached hydrogen (secondary N) is 1. The molecule has 0 amide bonds.